The van der Waals surface area contributed by atoms with Crippen LogP contribution in [0.2, 0.25) is 0 Å². The lowest BCUT2D eigenvalue weighted by molar-refractivity contribution is -0.212. The van der Waals surface area contributed by atoms with Gasteiger partial charge in [0.2, 0.25) is 0 Å². The fraction of sp³-hybridized carbons (Fsp3) is 0.556. The molecule has 1 aliphatic heterocycles. The Kier molecular flexibility index (Phi) is 7.58. The molecule has 150 valence electrons. The number of nitrogens with one attached hydrogen (secondary N) is 1. The van der Waals surface area contributed by atoms with Gasteiger partial charge >= 0.3 is 13.5 Å². The first-order valence-corrected chi connectivity index (χ1v) is 9.85. The van der Waals surface area contributed by atoms with Crippen LogP contribution < -0.4 is 16.7 Å². The van der Waals surface area contributed by atoms with E-state index in [4.69, 9.17) is 26.7 Å². The SMILES string of the molecule is O=c1[nH]c(=S)ccn1[C@H]1O[C@@H](COP(=O)(O)OP(=O)([O-])O)C(O)C1O.[NH4+]. The number of nitrogens with zero attached hydrogens (tertiary/aromatic N) is 1. The summed E-state index contributed by atoms with van der Waals surface area (Å²) in [6.07, 6.45) is -4.84. The summed E-state index contributed by atoms with van der Waals surface area (Å²) >= 11 is 4.75. The van der Waals surface area contributed by atoms with Crippen molar-refractivity contribution in [1.29, 1.82) is 0 Å². The van der Waals surface area contributed by atoms with Gasteiger partial charge in [0.25, 0.3) is 7.82 Å². The first-order chi connectivity index (χ1) is 11.4. The van der Waals surface area contributed by atoms with E-state index in [1.54, 1.807) is 0 Å². The predicted molar refractivity (Wildman–Crippen MR) is 84.5 cm³/mol. The third kappa shape index (κ3) is 5.85. The van der Waals surface area contributed by atoms with E-state index in [9.17, 15) is 29.0 Å². The van der Waals surface area contributed by atoms with Gasteiger partial charge in [0, 0.05) is 6.20 Å². The molecular formula is C9H17N3O11P2S. The number of ether oxygens (including phenoxy) is 1. The molecule has 1 saturated heterocycles. The van der Waals surface area contributed by atoms with E-state index in [2.05, 4.69) is 13.8 Å². The number of hydrogen-bond acceptors (Lipinski definition) is 10. The second-order valence-electron chi connectivity index (χ2n) is 4.88. The number of phosphoric acid groups is 2. The van der Waals surface area contributed by atoms with Crippen molar-refractivity contribution in [3.8, 4) is 0 Å². The second kappa shape index (κ2) is 8.48. The summed E-state index contributed by atoms with van der Waals surface area (Å²) in [5, 5.41) is 19.8. The molecule has 2 heterocycles. The average Bonchev–Trinajstić information content (AvgIpc) is 2.71. The molecule has 26 heavy (non-hydrogen) atoms. The third-order valence-electron chi connectivity index (χ3n) is 3.07. The van der Waals surface area contributed by atoms with Gasteiger partial charge in [-0.1, -0.05) is 12.2 Å². The van der Waals surface area contributed by atoms with Crippen LogP contribution in [0.4, 0.5) is 0 Å². The van der Waals surface area contributed by atoms with Crippen LogP contribution in [0.25, 0.3) is 0 Å². The molecule has 0 bridgehead atoms. The minimum absolute atomic E-state index is 0. The topological polar surface area (TPSA) is 240 Å². The summed E-state index contributed by atoms with van der Waals surface area (Å²) in [6, 6.07) is 1.33. The summed E-state index contributed by atoms with van der Waals surface area (Å²) in [5.74, 6) is 0. The molecule has 14 nitrogen and oxygen atoms in total. The van der Waals surface area contributed by atoms with E-state index in [1.807, 2.05) is 0 Å². The van der Waals surface area contributed by atoms with Gasteiger partial charge < -0.3 is 35.8 Å². The Bertz CT molecular complexity index is 837. The number of aromatic nitrogens is 2. The van der Waals surface area contributed by atoms with Crippen molar-refractivity contribution in [2.24, 2.45) is 0 Å². The number of hydrogen-bond donors (Lipinski definition) is 6. The maximum atomic E-state index is 11.8. The van der Waals surface area contributed by atoms with Crippen LogP contribution in [-0.4, -0.2) is 54.5 Å². The van der Waals surface area contributed by atoms with Crippen molar-refractivity contribution in [2.75, 3.05) is 6.61 Å². The van der Waals surface area contributed by atoms with Gasteiger partial charge in [0.1, 0.15) is 23.0 Å². The average molecular weight is 437 g/mol. The van der Waals surface area contributed by atoms with E-state index in [-0.39, 0.29) is 10.8 Å². The van der Waals surface area contributed by atoms with Crippen molar-refractivity contribution in [3.05, 3.63) is 27.4 Å². The second-order valence-corrected chi connectivity index (χ2v) is 8.10. The van der Waals surface area contributed by atoms with Crippen molar-refractivity contribution in [2.45, 2.75) is 24.5 Å². The first-order valence-electron chi connectivity index (χ1n) is 6.45. The predicted octanol–water partition coefficient (Wildman–Crippen LogP) is -1.50. The number of phosphoric ester groups is 1. The molecule has 0 aliphatic carbocycles. The lowest BCUT2D eigenvalue weighted by Gasteiger charge is -2.21. The van der Waals surface area contributed by atoms with Crippen LogP contribution in [0.3, 0.4) is 0 Å². The minimum atomic E-state index is -5.55. The van der Waals surface area contributed by atoms with Crippen molar-refractivity contribution in [3.63, 3.8) is 0 Å². The molecule has 1 aromatic rings. The maximum absolute atomic E-state index is 11.8. The Morgan fingerprint density at radius 3 is 2.50 bits per heavy atom. The molecule has 2 rings (SSSR count). The molecule has 0 saturated carbocycles. The monoisotopic (exact) mass is 437 g/mol. The molecule has 1 fully saturated rings. The number of aliphatic hydroxyl groups excluding tert-OH is 2. The molecule has 6 atom stereocenters. The summed E-state index contributed by atoms with van der Waals surface area (Å²) in [7, 11) is -10.8. The highest BCUT2D eigenvalue weighted by Crippen LogP contribution is 2.55. The number of rotatable bonds is 6. The zero-order valence-corrected chi connectivity index (χ0v) is 15.7. The van der Waals surface area contributed by atoms with E-state index < -0.39 is 52.5 Å². The Labute approximate surface area is 150 Å². The summed E-state index contributed by atoms with van der Waals surface area (Å²) < 4.78 is 35.7. The van der Waals surface area contributed by atoms with Crippen LogP contribution in [0.1, 0.15) is 6.23 Å². The van der Waals surface area contributed by atoms with E-state index in [0.717, 1.165) is 4.57 Å². The lowest BCUT2D eigenvalue weighted by Crippen LogP contribution is -2.36. The van der Waals surface area contributed by atoms with Gasteiger partial charge in [-0.25, -0.2) is 13.7 Å². The van der Waals surface area contributed by atoms with Crippen LogP contribution in [-0.2, 0) is 22.7 Å². The molecule has 17 heteroatoms. The zero-order chi connectivity index (χ0) is 19.0. The zero-order valence-electron chi connectivity index (χ0n) is 13.1. The molecule has 0 amide bonds. The molecule has 0 radical (unpaired) electrons. The van der Waals surface area contributed by atoms with Gasteiger partial charge in [0.15, 0.2) is 6.23 Å². The van der Waals surface area contributed by atoms with Gasteiger partial charge in [-0.2, -0.15) is 0 Å². The largest absolute Gasteiger partial charge is 0.756 e. The van der Waals surface area contributed by atoms with Crippen molar-refractivity contribution >= 4 is 27.9 Å². The smallest absolute Gasteiger partial charge is 0.478 e. The highest BCUT2D eigenvalue weighted by molar-refractivity contribution is 7.71. The van der Waals surface area contributed by atoms with Crippen LogP contribution in [0, 0.1) is 4.64 Å². The maximum Gasteiger partial charge on any atom is 0.478 e. The Hall–Kier alpha value is -0.800. The van der Waals surface area contributed by atoms with Gasteiger partial charge in [-0.3, -0.25) is 18.6 Å². The number of H-pyrrole nitrogens is 1. The fourth-order valence-electron chi connectivity index (χ4n) is 2.05. The van der Waals surface area contributed by atoms with E-state index >= 15 is 0 Å². The van der Waals surface area contributed by atoms with E-state index in [1.165, 1.54) is 12.3 Å². The standard InChI is InChI=1S/C9H14N2O11P2S.H3N/c12-6-4(3-20-24(18,19)22-23(15,16)17)21-8(7(6)13)11-2-1-5(25)10-9(11)14;/h1-2,4,6-8,12-13H,3H2,(H,18,19)(H,10,14,25)(H2,15,16,17);1H3/t4-,6?,7?,8-;/m0./s1. The van der Waals surface area contributed by atoms with E-state index in [0.29, 0.717) is 0 Å². The number of aliphatic hydroxyl groups is 2. The highest BCUT2D eigenvalue weighted by Gasteiger charge is 2.45. The van der Waals surface area contributed by atoms with Gasteiger partial charge in [-0.05, 0) is 6.07 Å². The fourth-order valence-corrected chi connectivity index (χ4v) is 3.76. The lowest BCUT2D eigenvalue weighted by atomic mass is 10.1. The summed E-state index contributed by atoms with van der Waals surface area (Å²) in [6.45, 7) is -0.889. The van der Waals surface area contributed by atoms with Crippen LogP contribution in [0.15, 0.2) is 17.1 Å². The molecule has 1 aliphatic rings. The molecule has 0 aromatic carbocycles. The number of quaternary nitrogens is 1. The Morgan fingerprint density at radius 2 is 1.96 bits per heavy atom. The quantitative estimate of drug-likeness (QED) is 0.220. The molecule has 9 N–H and O–H groups in total. The van der Waals surface area contributed by atoms with Crippen LogP contribution in [0.5, 0.6) is 0 Å². The first kappa shape index (κ1) is 23.2. The molecule has 4 unspecified atom stereocenters. The minimum Gasteiger partial charge on any atom is -0.756 e. The normalized spacial score (nSPS) is 30.2. The molecular weight excluding hydrogens is 420 g/mol. The van der Waals surface area contributed by atoms with Gasteiger partial charge in [-0.15, -0.1) is 0 Å². The van der Waals surface area contributed by atoms with Crippen molar-refractivity contribution < 1.29 is 47.6 Å². The summed E-state index contributed by atoms with van der Waals surface area (Å²) in [4.78, 5) is 42.0. The number of aromatic amines is 1. The third-order valence-corrected chi connectivity index (χ3v) is 5.44. The Morgan fingerprint density at radius 1 is 1.35 bits per heavy atom. The molecule has 1 aromatic heterocycles. The van der Waals surface area contributed by atoms with Gasteiger partial charge in [0.05, 0.1) is 6.61 Å². The Balaban J connectivity index is 0.00000338. The molecule has 0 spiro atoms. The van der Waals surface area contributed by atoms with Crippen molar-refractivity contribution in [1.82, 2.24) is 15.7 Å². The highest BCUT2D eigenvalue weighted by atomic mass is 32.1. The summed E-state index contributed by atoms with van der Waals surface area (Å²) in [5.41, 5.74) is -0.742. The van der Waals surface area contributed by atoms with Crippen LogP contribution >= 0.6 is 27.9 Å².